The van der Waals surface area contributed by atoms with Crippen LogP contribution < -0.4 is 10.6 Å². The molecule has 0 bridgehead atoms. The number of nitrogens with one attached hydrogen (secondary N) is 3. The van der Waals surface area contributed by atoms with E-state index < -0.39 is 32.7 Å². The smallest absolute Gasteiger partial charge is 0.322 e. The highest BCUT2D eigenvalue weighted by Gasteiger charge is 2.62. The molecule has 170 valence electrons. The monoisotopic (exact) mass is 462 g/mol. The molecule has 4 aliphatic heterocycles. The number of sulfone groups is 1. The van der Waals surface area contributed by atoms with E-state index in [0.717, 1.165) is 6.42 Å². The van der Waals surface area contributed by atoms with Crippen molar-refractivity contribution in [3.8, 4) is 0 Å². The van der Waals surface area contributed by atoms with E-state index in [-0.39, 0.29) is 48.0 Å². The minimum Gasteiger partial charge on any atom is -0.339 e. The molecule has 1 aromatic rings. The van der Waals surface area contributed by atoms with Gasteiger partial charge >= 0.3 is 6.03 Å². The molecule has 5 heterocycles. The molecule has 4 fully saturated rings. The van der Waals surface area contributed by atoms with E-state index in [0.29, 0.717) is 37.2 Å². The maximum absolute atomic E-state index is 13.5. The van der Waals surface area contributed by atoms with Gasteiger partial charge in [-0.2, -0.15) is 5.10 Å². The predicted molar refractivity (Wildman–Crippen MR) is 107 cm³/mol. The molecule has 1 aliphatic carbocycles. The third-order valence-electron chi connectivity index (χ3n) is 7.80. The number of hydrogen-bond acceptors (Lipinski definition) is 7. The highest BCUT2D eigenvalue weighted by atomic mass is 32.2. The van der Waals surface area contributed by atoms with Gasteiger partial charge in [-0.25, -0.2) is 13.2 Å². The highest BCUT2D eigenvalue weighted by molar-refractivity contribution is 7.90. The quantitative estimate of drug-likeness (QED) is 0.451. The van der Waals surface area contributed by atoms with E-state index in [1.165, 1.54) is 0 Å². The van der Waals surface area contributed by atoms with Gasteiger partial charge in [-0.05, 0) is 25.2 Å². The summed E-state index contributed by atoms with van der Waals surface area (Å²) in [6.45, 7) is 1.14. The summed E-state index contributed by atoms with van der Waals surface area (Å²) in [4.78, 5) is 53.8. The number of H-pyrrole nitrogens is 1. The topological polar surface area (TPSA) is 162 Å². The first-order valence-corrected chi connectivity index (χ1v) is 12.4. The predicted octanol–water partition coefficient (Wildman–Crippen LogP) is -1.50. The molecule has 0 radical (unpaired) electrons. The van der Waals surface area contributed by atoms with Gasteiger partial charge < -0.3 is 15.1 Å². The van der Waals surface area contributed by atoms with E-state index in [4.69, 9.17) is 0 Å². The Labute approximate surface area is 183 Å². The fourth-order valence-corrected chi connectivity index (χ4v) is 7.48. The van der Waals surface area contributed by atoms with Gasteiger partial charge in [-0.3, -0.25) is 24.8 Å². The van der Waals surface area contributed by atoms with Crippen molar-refractivity contribution in [2.24, 2.45) is 11.3 Å². The third kappa shape index (κ3) is 2.54. The molecule has 6 rings (SSSR count). The molecule has 32 heavy (non-hydrogen) atoms. The lowest BCUT2D eigenvalue weighted by molar-refractivity contribution is -0.149. The Morgan fingerprint density at radius 2 is 1.91 bits per heavy atom. The summed E-state index contributed by atoms with van der Waals surface area (Å²) in [5.41, 5.74) is -0.765. The van der Waals surface area contributed by atoms with Gasteiger partial charge in [0.1, 0.15) is 5.54 Å². The number of rotatable bonds is 2. The number of imide groups is 1. The van der Waals surface area contributed by atoms with Crippen molar-refractivity contribution in [1.29, 1.82) is 0 Å². The van der Waals surface area contributed by atoms with Crippen LogP contribution in [0.1, 0.15) is 41.0 Å². The molecule has 1 spiro atoms. The minimum absolute atomic E-state index is 0.0122. The minimum atomic E-state index is -3.27. The van der Waals surface area contributed by atoms with Crippen molar-refractivity contribution >= 4 is 33.6 Å². The van der Waals surface area contributed by atoms with Crippen molar-refractivity contribution < 1.29 is 27.6 Å². The lowest BCUT2D eigenvalue weighted by atomic mass is 9.61. The van der Waals surface area contributed by atoms with Crippen LogP contribution in [0, 0.1) is 11.3 Å². The first-order valence-electron chi connectivity index (χ1n) is 10.6. The maximum atomic E-state index is 13.5. The van der Waals surface area contributed by atoms with Crippen LogP contribution >= 0.6 is 0 Å². The second kappa shape index (κ2) is 6.09. The molecule has 0 aromatic carbocycles. The fraction of sp³-hybridized carbons (Fsp3) is 0.632. The van der Waals surface area contributed by atoms with E-state index in [9.17, 15) is 27.6 Å². The number of hydrogen-bond donors (Lipinski definition) is 3. The number of fused-ring (bicyclic) bond motifs is 2. The first kappa shape index (κ1) is 19.7. The van der Waals surface area contributed by atoms with E-state index in [1.807, 2.05) is 0 Å². The van der Waals surface area contributed by atoms with Crippen LogP contribution in [0.2, 0.25) is 0 Å². The molecule has 3 N–H and O–H groups in total. The van der Waals surface area contributed by atoms with Gasteiger partial charge in [0.05, 0.1) is 29.2 Å². The van der Waals surface area contributed by atoms with Crippen molar-refractivity contribution in [2.75, 3.05) is 26.2 Å². The second-order valence-electron chi connectivity index (χ2n) is 9.61. The summed E-state index contributed by atoms with van der Waals surface area (Å²) < 4.78 is 23.8. The molecule has 3 unspecified atom stereocenters. The van der Waals surface area contributed by atoms with Gasteiger partial charge in [0.25, 0.3) is 11.8 Å². The second-order valence-corrected chi connectivity index (χ2v) is 11.7. The normalized spacial score (nSPS) is 34.3. The van der Waals surface area contributed by atoms with Crippen LogP contribution in [0.25, 0.3) is 0 Å². The fourth-order valence-electron chi connectivity index (χ4n) is 5.95. The maximum Gasteiger partial charge on any atom is 0.322 e. The highest BCUT2D eigenvalue weighted by Crippen LogP contribution is 2.54. The summed E-state index contributed by atoms with van der Waals surface area (Å²) in [7, 11) is -3.27. The van der Waals surface area contributed by atoms with E-state index in [1.54, 1.807) is 9.80 Å². The van der Waals surface area contributed by atoms with Crippen LogP contribution in [-0.2, 0) is 30.9 Å². The lowest BCUT2D eigenvalue weighted by Crippen LogP contribution is -2.55. The van der Waals surface area contributed by atoms with Crippen LogP contribution in [0.5, 0.6) is 0 Å². The zero-order valence-electron chi connectivity index (χ0n) is 17.1. The van der Waals surface area contributed by atoms with Gasteiger partial charge in [0.2, 0.25) is 5.91 Å². The van der Waals surface area contributed by atoms with E-state index in [2.05, 4.69) is 20.8 Å². The number of likely N-dealkylation sites (tertiary alicyclic amines) is 2. The number of aromatic amines is 1. The third-order valence-corrected chi connectivity index (χ3v) is 9.26. The Morgan fingerprint density at radius 1 is 1.09 bits per heavy atom. The number of carbonyl (C=O) groups excluding carboxylic acids is 4. The molecule has 13 heteroatoms. The van der Waals surface area contributed by atoms with Crippen LogP contribution in [0.3, 0.4) is 0 Å². The molecule has 12 nitrogen and oxygen atoms in total. The number of urea groups is 1. The number of carbonyl (C=O) groups is 4. The van der Waals surface area contributed by atoms with Crippen LogP contribution in [0.4, 0.5) is 4.79 Å². The van der Waals surface area contributed by atoms with Crippen LogP contribution in [0.15, 0.2) is 0 Å². The number of aromatic nitrogens is 2. The van der Waals surface area contributed by atoms with Gasteiger partial charge in [-0.1, -0.05) is 0 Å². The largest absolute Gasteiger partial charge is 0.339 e. The molecule has 1 aromatic heterocycles. The SMILES string of the molecule is O=C1NC(=O)C2(CCN(C(=O)C34CCC3CN(C(=O)c3n[nH]c5c3CS(=O)(=O)C5)C4)C2)N1. The van der Waals surface area contributed by atoms with E-state index >= 15 is 0 Å². The zero-order valence-corrected chi connectivity index (χ0v) is 18.0. The molecule has 3 saturated heterocycles. The summed E-state index contributed by atoms with van der Waals surface area (Å²) in [5, 5.41) is 11.6. The standard InChI is InChI=1S/C19H22N6O6S/c26-14(13-11-6-32(30,31)7-12(11)22-23-13)25-5-10-1-2-18(10,8-25)16(28)24-4-3-19(9-24)15(27)20-17(29)21-19/h10H,1-9H2,(H,22,23)(H2,20,21,27,29). The van der Waals surface area contributed by atoms with Gasteiger partial charge in [0.15, 0.2) is 15.5 Å². The average molecular weight is 462 g/mol. The molecule has 1 saturated carbocycles. The zero-order chi connectivity index (χ0) is 22.5. The Kier molecular flexibility index (Phi) is 3.75. The van der Waals surface area contributed by atoms with Crippen molar-refractivity contribution in [3.05, 3.63) is 17.0 Å². The average Bonchev–Trinajstić information content (AvgIpc) is 3.47. The summed E-state index contributed by atoms with van der Waals surface area (Å²) >= 11 is 0. The van der Waals surface area contributed by atoms with Crippen LogP contribution in [-0.4, -0.2) is 83.9 Å². The summed E-state index contributed by atoms with van der Waals surface area (Å²) in [6.07, 6.45) is 1.82. The lowest BCUT2D eigenvalue weighted by Gasteiger charge is -2.44. The Bertz CT molecular complexity index is 1210. The molecular formula is C19H22N6O6S. The summed E-state index contributed by atoms with van der Waals surface area (Å²) in [6, 6.07) is -0.546. The molecule has 5 aliphatic rings. The van der Waals surface area contributed by atoms with Gasteiger partial charge in [0, 0.05) is 25.2 Å². The summed E-state index contributed by atoms with van der Waals surface area (Å²) in [5.74, 6) is -1.20. The molecule has 5 amide bonds. The van der Waals surface area contributed by atoms with Crippen molar-refractivity contribution in [1.82, 2.24) is 30.6 Å². The Morgan fingerprint density at radius 3 is 2.59 bits per heavy atom. The van der Waals surface area contributed by atoms with Crippen molar-refractivity contribution in [2.45, 2.75) is 36.3 Å². The van der Waals surface area contributed by atoms with Gasteiger partial charge in [-0.15, -0.1) is 0 Å². The first-order chi connectivity index (χ1) is 15.1. The molecular weight excluding hydrogens is 440 g/mol. The molecule has 3 atom stereocenters. The Balaban J connectivity index is 1.20. The Hall–Kier alpha value is -2.96. The number of amides is 5. The number of nitrogens with zero attached hydrogens (tertiary/aromatic N) is 3. The van der Waals surface area contributed by atoms with Crippen molar-refractivity contribution in [3.63, 3.8) is 0 Å².